The maximum atomic E-state index is 4.79. The molecule has 0 aromatic carbocycles. The molecule has 0 aromatic heterocycles. The van der Waals surface area contributed by atoms with Gasteiger partial charge in [0.1, 0.15) is 0 Å². The number of nitrogens with one attached hydrogen (secondary N) is 2. The SMILES string of the molecule is CCNC(=NCCCCN1CCCC(C)C1)NC(C)CCCN(CC)CC. The first kappa shape index (κ1) is 24.2. The standard InChI is InChI=1S/C22H47N5/c1-6-23-22(25-21(5)14-12-17-26(7-2)8-3)24-15-9-10-16-27-18-11-13-20(4)19-27/h20-21H,6-19H2,1-5H3,(H2,23,24,25). The molecule has 0 aromatic rings. The molecule has 1 aliphatic rings. The Balaban J connectivity index is 2.22. The highest BCUT2D eigenvalue weighted by atomic mass is 15.2. The Morgan fingerprint density at radius 2 is 1.96 bits per heavy atom. The topological polar surface area (TPSA) is 42.9 Å². The maximum Gasteiger partial charge on any atom is 0.191 e. The minimum absolute atomic E-state index is 0.466. The Morgan fingerprint density at radius 3 is 2.63 bits per heavy atom. The number of likely N-dealkylation sites (tertiary alicyclic amines) is 1. The second-order valence-electron chi connectivity index (χ2n) is 8.23. The highest BCUT2D eigenvalue weighted by Gasteiger charge is 2.15. The Labute approximate surface area is 169 Å². The van der Waals surface area contributed by atoms with Crippen molar-refractivity contribution in [3.05, 3.63) is 0 Å². The molecule has 27 heavy (non-hydrogen) atoms. The van der Waals surface area contributed by atoms with Gasteiger partial charge in [0.25, 0.3) is 0 Å². The lowest BCUT2D eigenvalue weighted by molar-refractivity contribution is 0.181. The smallest absolute Gasteiger partial charge is 0.191 e. The molecule has 1 aliphatic heterocycles. The number of hydrogen-bond acceptors (Lipinski definition) is 3. The van der Waals surface area contributed by atoms with Gasteiger partial charge in [-0.15, -0.1) is 0 Å². The van der Waals surface area contributed by atoms with E-state index in [1.54, 1.807) is 0 Å². The Kier molecular flexibility index (Phi) is 13.6. The molecule has 1 heterocycles. The zero-order valence-electron chi connectivity index (χ0n) is 18.9. The third-order valence-corrected chi connectivity index (χ3v) is 5.63. The lowest BCUT2D eigenvalue weighted by Gasteiger charge is -2.30. The number of hydrogen-bond donors (Lipinski definition) is 2. The number of unbranched alkanes of at least 4 members (excludes halogenated alkanes) is 1. The molecule has 2 unspecified atom stereocenters. The molecule has 0 saturated carbocycles. The van der Waals surface area contributed by atoms with E-state index >= 15 is 0 Å². The molecule has 1 saturated heterocycles. The molecule has 0 radical (unpaired) electrons. The van der Waals surface area contributed by atoms with E-state index in [1.165, 1.54) is 64.7 Å². The van der Waals surface area contributed by atoms with Crippen LogP contribution in [0.15, 0.2) is 4.99 Å². The maximum absolute atomic E-state index is 4.79. The molecule has 0 aliphatic carbocycles. The van der Waals surface area contributed by atoms with Crippen LogP contribution in [0.4, 0.5) is 0 Å². The van der Waals surface area contributed by atoms with Crippen molar-refractivity contribution in [2.45, 2.75) is 79.2 Å². The van der Waals surface area contributed by atoms with Gasteiger partial charge in [-0.05, 0) is 91.0 Å². The van der Waals surface area contributed by atoms with Gasteiger partial charge in [-0.25, -0.2) is 0 Å². The molecule has 2 atom stereocenters. The van der Waals surface area contributed by atoms with Crippen LogP contribution in [-0.4, -0.2) is 74.2 Å². The summed E-state index contributed by atoms with van der Waals surface area (Å²) in [6.45, 7) is 20.4. The van der Waals surface area contributed by atoms with Gasteiger partial charge in [0, 0.05) is 25.7 Å². The van der Waals surface area contributed by atoms with Crippen LogP contribution in [0.25, 0.3) is 0 Å². The zero-order chi connectivity index (χ0) is 19.9. The average Bonchev–Trinajstić information content (AvgIpc) is 2.65. The number of aliphatic imine (C=N–C) groups is 1. The number of guanidine groups is 1. The quantitative estimate of drug-likeness (QED) is 0.291. The van der Waals surface area contributed by atoms with E-state index in [0.717, 1.165) is 38.1 Å². The summed E-state index contributed by atoms with van der Waals surface area (Å²) in [5.74, 6) is 1.86. The third-order valence-electron chi connectivity index (χ3n) is 5.63. The summed E-state index contributed by atoms with van der Waals surface area (Å²) in [5.41, 5.74) is 0. The van der Waals surface area contributed by atoms with Gasteiger partial charge in [0.05, 0.1) is 0 Å². The summed E-state index contributed by atoms with van der Waals surface area (Å²) >= 11 is 0. The van der Waals surface area contributed by atoms with E-state index in [2.05, 4.69) is 55.1 Å². The molecule has 5 nitrogen and oxygen atoms in total. The lowest BCUT2D eigenvalue weighted by Crippen LogP contribution is -2.42. The van der Waals surface area contributed by atoms with Gasteiger partial charge in [-0.3, -0.25) is 4.99 Å². The van der Waals surface area contributed by atoms with E-state index in [0.29, 0.717) is 6.04 Å². The molecule has 0 spiro atoms. The first-order valence-electron chi connectivity index (χ1n) is 11.6. The van der Waals surface area contributed by atoms with Crippen LogP contribution in [0.3, 0.4) is 0 Å². The fourth-order valence-electron chi connectivity index (χ4n) is 3.91. The number of nitrogens with zero attached hydrogens (tertiary/aromatic N) is 3. The normalized spacial score (nSPS) is 20.1. The van der Waals surface area contributed by atoms with Gasteiger partial charge in [-0.2, -0.15) is 0 Å². The fourth-order valence-corrected chi connectivity index (χ4v) is 3.91. The Hall–Kier alpha value is -0.810. The van der Waals surface area contributed by atoms with Crippen LogP contribution in [0.2, 0.25) is 0 Å². The second-order valence-corrected chi connectivity index (χ2v) is 8.23. The zero-order valence-corrected chi connectivity index (χ0v) is 18.9. The van der Waals surface area contributed by atoms with Crippen molar-refractivity contribution in [2.24, 2.45) is 10.9 Å². The number of rotatable bonds is 13. The van der Waals surface area contributed by atoms with Crippen molar-refractivity contribution in [3.8, 4) is 0 Å². The van der Waals surface area contributed by atoms with E-state index in [9.17, 15) is 0 Å². The number of piperidine rings is 1. The molecule has 0 amide bonds. The third kappa shape index (κ3) is 11.6. The second kappa shape index (κ2) is 15.2. The van der Waals surface area contributed by atoms with Crippen LogP contribution < -0.4 is 10.6 Å². The predicted octanol–water partition coefficient (Wildman–Crippen LogP) is 3.56. The average molecular weight is 382 g/mol. The Morgan fingerprint density at radius 1 is 1.19 bits per heavy atom. The van der Waals surface area contributed by atoms with E-state index in [-0.39, 0.29) is 0 Å². The molecule has 1 fully saturated rings. The summed E-state index contributed by atoms with van der Waals surface area (Å²) < 4.78 is 0. The van der Waals surface area contributed by atoms with Crippen molar-refractivity contribution < 1.29 is 0 Å². The molecule has 2 N–H and O–H groups in total. The van der Waals surface area contributed by atoms with Crippen LogP contribution in [0.1, 0.15) is 73.1 Å². The van der Waals surface area contributed by atoms with Gasteiger partial charge in [0.15, 0.2) is 5.96 Å². The molecule has 1 rings (SSSR count). The van der Waals surface area contributed by atoms with Crippen molar-refractivity contribution in [2.75, 3.05) is 52.4 Å². The van der Waals surface area contributed by atoms with Crippen molar-refractivity contribution in [1.82, 2.24) is 20.4 Å². The van der Waals surface area contributed by atoms with Crippen LogP contribution in [0.5, 0.6) is 0 Å². The first-order valence-corrected chi connectivity index (χ1v) is 11.6. The molecule has 160 valence electrons. The predicted molar refractivity (Wildman–Crippen MR) is 120 cm³/mol. The van der Waals surface area contributed by atoms with Crippen molar-refractivity contribution in [3.63, 3.8) is 0 Å². The molecule has 5 heteroatoms. The lowest BCUT2D eigenvalue weighted by atomic mass is 10.0. The minimum Gasteiger partial charge on any atom is -0.357 e. The van der Waals surface area contributed by atoms with Crippen molar-refractivity contribution >= 4 is 5.96 Å². The molecular formula is C22H47N5. The van der Waals surface area contributed by atoms with E-state index in [4.69, 9.17) is 4.99 Å². The summed E-state index contributed by atoms with van der Waals surface area (Å²) in [6, 6.07) is 0.466. The summed E-state index contributed by atoms with van der Waals surface area (Å²) in [4.78, 5) is 9.93. The van der Waals surface area contributed by atoms with Gasteiger partial charge < -0.3 is 20.4 Å². The van der Waals surface area contributed by atoms with Crippen LogP contribution in [0, 0.1) is 5.92 Å². The molecular weight excluding hydrogens is 334 g/mol. The summed E-state index contributed by atoms with van der Waals surface area (Å²) in [6.07, 6.45) is 7.65. The van der Waals surface area contributed by atoms with E-state index < -0.39 is 0 Å². The highest BCUT2D eigenvalue weighted by molar-refractivity contribution is 5.79. The Bertz CT molecular complexity index is 381. The van der Waals surface area contributed by atoms with Crippen LogP contribution in [-0.2, 0) is 0 Å². The van der Waals surface area contributed by atoms with E-state index in [1.807, 2.05) is 0 Å². The van der Waals surface area contributed by atoms with Gasteiger partial charge >= 0.3 is 0 Å². The van der Waals surface area contributed by atoms with Gasteiger partial charge in [-0.1, -0.05) is 20.8 Å². The molecule has 0 bridgehead atoms. The highest BCUT2D eigenvalue weighted by Crippen LogP contribution is 2.15. The monoisotopic (exact) mass is 381 g/mol. The van der Waals surface area contributed by atoms with Gasteiger partial charge in [0.2, 0.25) is 0 Å². The summed E-state index contributed by atoms with van der Waals surface area (Å²) in [5, 5.41) is 6.98. The fraction of sp³-hybridized carbons (Fsp3) is 0.955. The summed E-state index contributed by atoms with van der Waals surface area (Å²) in [7, 11) is 0. The van der Waals surface area contributed by atoms with Crippen molar-refractivity contribution in [1.29, 1.82) is 0 Å². The first-order chi connectivity index (χ1) is 13.1. The van der Waals surface area contributed by atoms with Crippen LogP contribution >= 0.6 is 0 Å². The largest absolute Gasteiger partial charge is 0.357 e. The minimum atomic E-state index is 0.466.